The van der Waals surface area contributed by atoms with E-state index in [1.807, 2.05) is 19.1 Å². The van der Waals surface area contributed by atoms with Gasteiger partial charge in [-0.2, -0.15) is 5.26 Å². The Labute approximate surface area is 163 Å². The number of hydrogen-bond acceptors (Lipinski definition) is 5. The van der Waals surface area contributed by atoms with Crippen molar-refractivity contribution in [1.29, 1.82) is 5.26 Å². The molecule has 2 amide bonds. The van der Waals surface area contributed by atoms with Crippen molar-refractivity contribution in [2.45, 2.75) is 32.9 Å². The molecule has 144 valence electrons. The molecule has 0 aliphatic heterocycles. The number of anilines is 1. The van der Waals surface area contributed by atoms with Crippen LogP contribution < -0.4 is 10.6 Å². The van der Waals surface area contributed by atoms with Gasteiger partial charge < -0.3 is 15.4 Å². The Balaban J connectivity index is 1.90. The number of esters is 1. The highest BCUT2D eigenvalue weighted by molar-refractivity contribution is 5.98. The first kappa shape index (κ1) is 20.6. The summed E-state index contributed by atoms with van der Waals surface area (Å²) in [6.45, 7) is 4.77. The van der Waals surface area contributed by atoms with Crippen molar-refractivity contribution in [3.05, 3.63) is 65.2 Å². The fourth-order valence-electron chi connectivity index (χ4n) is 2.37. The van der Waals surface area contributed by atoms with Crippen molar-refractivity contribution < 1.29 is 19.1 Å². The van der Waals surface area contributed by atoms with E-state index in [0.717, 1.165) is 5.56 Å². The molecule has 7 nitrogen and oxygen atoms in total. The number of amides is 2. The zero-order chi connectivity index (χ0) is 20.7. The van der Waals surface area contributed by atoms with Gasteiger partial charge >= 0.3 is 5.97 Å². The molecule has 0 unspecified atom stereocenters. The van der Waals surface area contributed by atoms with Gasteiger partial charge in [-0.05, 0) is 51.1 Å². The van der Waals surface area contributed by atoms with Crippen LogP contribution in [0.4, 0.5) is 5.69 Å². The molecule has 2 rings (SSSR count). The van der Waals surface area contributed by atoms with E-state index in [0.29, 0.717) is 16.8 Å². The topological polar surface area (TPSA) is 108 Å². The zero-order valence-electron chi connectivity index (χ0n) is 15.9. The Morgan fingerprint density at radius 2 is 1.79 bits per heavy atom. The smallest absolute Gasteiger partial charge is 0.329 e. The molecule has 0 aromatic heterocycles. The maximum Gasteiger partial charge on any atom is 0.329 e. The molecule has 0 heterocycles. The van der Waals surface area contributed by atoms with Crippen molar-refractivity contribution in [3.8, 4) is 6.07 Å². The predicted molar refractivity (Wildman–Crippen MR) is 103 cm³/mol. The van der Waals surface area contributed by atoms with Gasteiger partial charge in [0.05, 0.1) is 11.6 Å². The molecule has 0 aliphatic carbocycles. The van der Waals surface area contributed by atoms with Crippen molar-refractivity contribution in [2.75, 3.05) is 5.32 Å². The number of hydrogen-bond donors (Lipinski definition) is 2. The molecular weight excluding hydrogens is 358 g/mol. The molecule has 0 radical (unpaired) electrons. The molecule has 2 N–H and O–H groups in total. The summed E-state index contributed by atoms with van der Waals surface area (Å²) in [4.78, 5) is 36.6. The molecule has 0 saturated heterocycles. The second-order valence-electron chi connectivity index (χ2n) is 6.33. The van der Waals surface area contributed by atoms with Crippen molar-refractivity contribution in [1.82, 2.24) is 5.32 Å². The summed E-state index contributed by atoms with van der Waals surface area (Å²) < 4.78 is 5.13. The van der Waals surface area contributed by atoms with Gasteiger partial charge in [-0.15, -0.1) is 0 Å². The molecular formula is C21H21N3O4. The lowest BCUT2D eigenvalue weighted by atomic mass is 10.1. The van der Waals surface area contributed by atoms with Crippen LogP contribution in [0.25, 0.3) is 0 Å². The average molecular weight is 379 g/mol. The van der Waals surface area contributed by atoms with Gasteiger partial charge in [0, 0.05) is 11.3 Å². The van der Waals surface area contributed by atoms with E-state index >= 15 is 0 Å². The number of carbonyl (C=O) groups is 3. The number of nitrogens with one attached hydrogen (secondary N) is 2. The monoisotopic (exact) mass is 379 g/mol. The summed E-state index contributed by atoms with van der Waals surface area (Å²) in [6.07, 6.45) is -1.07. The van der Waals surface area contributed by atoms with Crippen molar-refractivity contribution >= 4 is 23.5 Å². The number of benzene rings is 2. The van der Waals surface area contributed by atoms with Crippen LogP contribution in [0.5, 0.6) is 0 Å². The SMILES string of the molecule is Cc1cccc(C(=O)N[C@@H](C)C(=O)O[C@H](C)C(=O)Nc2cccc(C#N)c2)c1. The van der Waals surface area contributed by atoms with Gasteiger partial charge in [0.2, 0.25) is 0 Å². The number of carbonyl (C=O) groups excluding carboxylic acids is 3. The first-order chi connectivity index (χ1) is 13.3. The van der Waals surface area contributed by atoms with Gasteiger partial charge in [-0.25, -0.2) is 4.79 Å². The Kier molecular flexibility index (Phi) is 6.88. The number of nitrogens with zero attached hydrogens (tertiary/aromatic N) is 1. The first-order valence-electron chi connectivity index (χ1n) is 8.69. The number of aryl methyl sites for hydroxylation is 1. The van der Waals surface area contributed by atoms with Gasteiger partial charge in [-0.3, -0.25) is 9.59 Å². The molecule has 2 aromatic carbocycles. The lowest BCUT2D eigenvalue weighted by molar-refractivity contribution is -0.154. The Bertz CT molecular complexity index is 933. The van der Waals surface area contributed by atoms with Crippen LogP contribution in [0, 0.1) is 18.3 Å². The second-order valence-corrected chi connectivity index (χ2v) is 6.33. The van der Waals surface area contributed by atoms with E-state index in [-0.39, 0.29) is 0 Å². The molecule has 0 aliphatic rings. The van der Waals surface area contributed by atoms with Gasteiger partial charge in [0.1, 0.15) is 6.04 Å². The lowest BCUT2D eigenvalue weighted by Gasteiger charge is -2.17. The molecule has 2 atom stereocenters. The van der Waals surface area contributed by atoms with Gasteiger partial charge in [-0.1, -0.05) is 23.8 Å². The van der Waals surface area contributed by atoms with E-state index in [1.54, 1.807) is 36.4 Å². The average Bonchev–Trinajstić information content (AvgIpc) is 2.67. The fourth-order valence-corrected chi connectivity index (χ4v) is 2.37. The minimum atomic E-state index is -1.07. The zero-order valence-corrected chi connectivity index (χ0v) is 15.9. The maximum absolute atomic E-state index is 12.2. The van der Waals surface area contributed by atoms with Crippen molar-refractivity contribution in [2.24, 2.45) is 0 Å². The van der Waals surface area contributed by atoms with Crippen LogP contribution >= 0.6 is 0 Å². The minimum Gasteiger partial charge on any atom is -0.451 e. The minimum absolute atomic E-state index is 0.398. The maximum atomic E-state index is 12.2. The summed E-state index contributed by atoms with van der Waals surface area (Å²) in [5.74, 6) is -1.67. The largest absolute Gasteiger partial charge is 0.451 e. The van der Waals surface area contributed by atoms with Gasteiger partial charge in [0.15, 0.2) is 6.10 Å². The van der Waals surface area contributed by atoms with Crippen LogP contribution in [0.2, 0.25) is 0 Å². The van der Waals surface area contributed by atoms with Crippen LogP contribution in [-0.2, 0) is 14.3 Å². The molecule has 0 saturated carbocycles. The van der Waals surface area contributed by atoms with E-state index in [9.17, 15) is 14.4 Å². The quantitative estimate of drug-likeness (QED) is 0.750. The van der Waals surface area contributed by atoms with Crippen molar-refractivity contribution in [3.63, 3.8) is 0 Å². The van der Waals surface area contributed by atoms with E-state index < -0.39 is 29.9 Å². The highest BCUT2D eigenvalue weighted by Gasteiger charge is 2.23. The molecule has 0 fully saturated rings. The molecule has 2 aromatic rings. The Hall–Kier alpha value is -3.66. The Morgan fingerprint density at radius 3 is 2.46 bits per heavy atom. The number of rotatable bonds is 6. The highest BCUT2D eigenvalue weighted by Crippen LogP contribution is 2.11. The normalized spacial score (nSPS) is 12.2. The van der Waals surface area contributed by atoms with Crippen LogP contribution in [-0.4, -0.2) is 29.9 Å². The third-order valence-electron chi connectivity index (χ3n) is 3.90. The summed E-state index contributed by atoms with van der Waals surface area (Å²) in [6, 6.07) is 14.4. The number of nitriles is 1. The van der Waals surface area contributed by atoms with Crippen LogP contribution in [0.1, 0.15) is 35.3 Å². The summed E-state index contributed by atoms with van der Waals surface area (Å²) in [5, 5.41) is 14.0. The van der Waals surface area contributed by atoms with Gasteiger partial charge in [0.25, 0.3) is 11.8 Å². The first-order valence-corrected chi connectivity index (χ1v) is 8.69. The standard InChI is InChI=1S/C21H21N3O4/c1-13-6-4-8-17(10-13)20(26)23-14(2)21(27)28-15(3)19(25)24-18-9-5-7-16(11-18)12-22/h4-11,14-15H,1-3H3,(H,23,26)(H,24,25)/t14-,15+/m0/s1. The highest BCUT2D eigenvalue weighted by atomic mass is 16.5. The summed E-state index contributed by atoms with van der Waals surface area (Å²) in [7, 11) is 0. The van der Waals surface area contributed by atoms with Crippen LogP contribution in [0.15, 0.2) is 48.5 Å². The summed E-state index contributed by atoms with van der Waals surface area (Å²) in [5.41, 5.74) is 2.18. The molecule has 0 spiro atoms. The Morgan fingerprint density at radius 1 is 1.07 bits per heavy atom. The molecule has 28 heavy (non-hydrogen) atoms. The van der Waals surface area contributed by atoms with E-state index in [1.165, 1.54) is 19.9 Å². The summed E-state index contributed by atoms with van der Waals surface area (Å²) >= 11 is 0. The van der Waals surface area contributed by atoms with E-state index in [4.69, 9.17) is 10.00 Å². The number of ether oxygens (including phenoxy) is 1. The molecule has 0 bridgehead atoms. The lowest BCUT2D eigenvalue weighted by Crippen LogP contribution is -2.42. The molecule has 7 heteroatoms. The fraction of sp³-hybridized carbons (Fsp3) is 0.238. The van der Waals surface area contributed by atoms with Crippen LogP contribution in [0.3, 0.4) is 0 Å². The third-order valence-corrected chi connectivity index (χ3v) is 3.90. The second kappa shape index (κ2) is 9.33. The third kappa shape index (κ3) is 5.68. The van der Waals surface area contributed by atoms with E-state index in [2.05, 4.69) is 10.6 Å². The predicted octanol–water partition coefficient (Wildman–Crippen LogP) is 2.56.